The Morgan fingerprint density at radius 2 is 1.30 bits per heavy atom. The number of pyridine rings is 1. The van der Waals surface area contributed by atoms with Gasteiger partial charge in [-0.25, -0.2) is 0 Å². The van der Waals surface area contributed by atoms with Crippen LogP contribution in [0.5, 0.6) is 0 Å². The number of carboxylic acid groups (broad SMARTS) is 1. The molecular formula is C23H21N3O4. The zero-order valence-corrected chi connectivity index (χ0v) is 16.3. The van der Waals surface area contributed by atoms with Crippen molar-refractivity contribution in [2.75, 3.05) is 0 Å². The molecule has 0 aliphatic heterocycles. The number of unbranched alkanes of at least 4 members (excludes halogenated alkanes) is 1. The minimum absolute atomic E-state index is 0.0121. The number of aliphatic carboxylic acids is 1. The fourth-order valence-corrected chi connectivity index (χ4v) is 2.81. The first-order valence-electron chi connectivity index (χ1n) is 9.57. The molecule has 0 aliphatic rings. The predicted molar refractivity (Wildman–Crippen MR) is 113 cm³/mol. The number of carbonyl (C=O) groups is 2. The van der Waals surface area contributed by atoms with Gasteiger partial charge in [0, 0.05) is 48.6 Å². The van der Waals surface area contributed by atoms with Gasteiger partial charge in [-0.05, 0) is 61.4 Å². The van der Waals surface area contributed by atoms with E-state index in [0.29, 0.717) is 36.2 Å². The van der Waals surface area contributed by atoms with E-state index >= 15 is 0 Å². The first kappa shape index (κ1) is 20.9. The van der Waals surface area contributed by atoms with Crippen LogP contribution in [-0.2, 0) is 4.79 Å². The Balaban J connectivity index is 1.57. The summed E-state index contributed by atoms with van der Waals surface area (Å²) in [5.74, 6) is -0.856. The summed E-state index contributed by atoms with van der Waals surface area (Å²) in [5.41, 5.74) is 2.75. The van der Waals surface area contributed by atoms with Crippen LogP contribution in [0.4, 0.5) is 11.4 Å². The van der Waals surface area contributed by atoms with Gasteiger partial charge in [0.25, 0.3) is 0 Å². The Bertz CT molecular complexity index is 1080. The third kappa shape index (κ3) is 6.07. The number of nitrogens with zero attached hydrogens (tertiary/aromatic N) is 3. The van der Waals surface area contributed by atoms with Crippen molar-refractivity contribution < 1.29 is 14.7 Å². The second kappa shape index (κ2) is 10.1. The molecule has 1 heterocycles. The third-order valence-electron chi connectivity index (χ3n) is 4.46. The van der Waals surface area contributed by atoms with Crippen molar-refractivity contribution in [2.45, 2.75) is 25.7 Å². The largest absolute Gasteiger partial charge is 0.481 e. The van der Waals surface area contributed by atoms with E-state index in [9.17, 15) is 14.4 Å². The fraction of sp³-hybridized carbons (Fsp3) is 0.174. The minimum Gasteiger partial charge on any atom is -0.481 e. The zero-order valence-electron chi connectivity index (χ0n) is 16.3. The second-order valence-corrected chi connectivity index (χ2v) is 6.73. The van der Waals surface area contributed by atoms with E-state index in [0.717, 1.165) is 5.69 Å². The van der Waals surface area contributed by atoms with Crippen LogP contribution in [0.1, 0.15) is 36.0 Å². The van der Waals surface area contributed by atoms with Gasteiger partial charge in [0.2, 0.25) is 0 Å². The van der Waals surface area contributed by atoms with Crippen molar-refractivity contribution in [3.05, 3.63) is 88.8 Å². The molecule has 1 N–H and O–H groups in total. The van der Waals surface area contributed by atoms with Gasteiger partial charge in [0.05, 0.1) is 11.4 Å². The van der Waals surface area contributed by atoms with Crippen molar-refractivity contribution in [2.24, 2.45) is 10.2 Å². The number of benzene rings is 2. The number of hydrogen-bond acceptors (Lipinski definition) is 5. The highest BCUT2D eigenvalue weighted by Gasteiger charge is 2.06. The monoisotopic (exact) mass is 403 g/mol. The molecule has 0 radical (unpaired) electrons. The molecule has 0 aliphatic carbocycles. The molecule has 0 unspecified atom stereocenters. The maximum absolute atomic E-state index is 12.1. The SMILES string of the molecule is O=C(O)CCCCC(=O)c1ccc(N=Nc2ccc(-n3ccc(=O)cc3)cc2)cc1. The summed E-state index contributed by atoms with van der Waals surface area (Å²) in [7, 11) is 0. The molecular weight excluding hydrogens is 382 g/mol. The number of carboxylic acids is 1. The number of carbonyl (C=O) groups excluding carboxylic acids is 1. The van der Waals surface area contributed by atoms with Gasteiger partial charge in [-0.15, -0.1) is 0 Å². The molecule has 7 heteroatoms. The van der Waals surface area contributed by atoms with E-state index < -0.39 is 5.97 Å². The number of azo groups is 1. The van der Waals surface area contributed by atoms with Crippen LogP contribution in [0.25, 0.3) is 5.69 Å². The van der Waals surface area contributed by atoms with Gasteiger partial charge in [-0.1, -0.05) is 0 Å². The lowest BCUT2D eigenvalue weighted by molar-refractivity contribution is -0.137. The van der Waals surface area contributed by atoms with Crippen LogP contribution in [0, 0.1) is 0 Å². The predicted octanol–water partition coefficient (Wildman–Crippen LogP) is 5.08. The van der Waals surface area contributed by atoms with Crippen molar-refractivity contribution in [1.82, 2.24) is 4.57 Å². The molecule has 0 atom stereocenters. The summed E-state index contributed by atoms with van der Waals surface area (Å²) in [6, 6.07) is 17.3. The first-order chi connectivity index (χ1) is 14.5. The first-order valence-corrected chi connectivity index (χ1v) is 9.57. The van der Waals surface area contributed by atoms with Crippen molar-refractivity contribution in [3.63, 3.8) is 0 Å². The molecule has 30 heavy (non-hydrogen) atoms. The number of ketones is 1. The average molecular weight is 403 g/mol. The highest BCUT2D eigenvalue weighted by atomic mass is 16.4. The fourth-order valence-electron chi connectivity index (χ4n) is 2.81. The van der Waals surface area contributed by atoms with Crippen LogP contribution >= 0.6 is 0 Å². The number of aromatic nitrogens is 1. The standard InChI is InChI=1S/C23H21N3O4/c27-21-13-15-26(16-14-21)20-11-9-19(10-12-20)25-24-18-7-5-17(6-8-18)22(28)3-1-2-4-23(29)30/h5-16H,1-4H2,(H,29,30). The molecule has 0 saturated carbocycles. The lowest BCUT2D eigenvalue weighted by Crippen LogP contribution is -2.01. The Labute approximate surface area is 173 Å². The van der Waals surface area contributed by atoms with Crippen molar-refractivity contribution in [1.29, 1.82) is 0 Å². The maximum atomic E-state index is 12.1. The highest BCUT2D eigenvalue weighted by Crippen LogP contribution is 2.21. The molecule has 2 aromatic carbocycles. The van der Waals surface area contributed by atoms with E-state index in [4.69, 9.17) is 5.11 Å². The Morgan fingerprint density at radius 1 is 0.767 bits per heavy atom. The van der Waals surface area contributed by atoms with Crippen LogP contribution in [0.15, 0.2) is 88.1 Å². The summed E-state index contributed by atoms with van der Waals surface area (Å²) in [6.45, 7) is 0. The Hall–Kier alpha value is -3.87. The van der Waals surface area contributed by atoms with Gasteiger partial charge in [-0.2, -0.15) is 10.2 Å². The molecule has 0 fully saturated rings. The van der Waals surface area contributed by atoms with Gasteiger partial charge in [-0.3, -0.25) is 14.4 Å². The lowest BCUT2D eigenvalue weighted by atomic mass is 10.0. The van der Waals surface area contributed by atoms with Gasteiger partial charge in [0.15, 0.2) is 11.2 Å². The van der Waals surface area contributed by atoms with Crippen LogP contribution < -0.4 is 5.43 Å². The summed E-state index contributed by atoms with van der Waals surface area (Å²) >= 11 is 0. The van der Waals surface area contributed by atoms with E-state index in [1.807, 2.05) is 28.8 Å². The zero-order chi connectivity index (χ0) is 21.3. The summed E-state index contributed by atoms with van der Waals surface area (Å²) in [6.07, 6.45) is 4.87. The van der Waals surface area contributed by atoms with E-state index in [1.165, 1.54) is 12.1 Å². The maximum Gasteiger partial charge on any atom is 0.303 e. The van der Waals surface area contributed by atoms with Gasteiger partial charge in [0.1, 0.15) is 0 Å². The Kier molecular flexibility index (Phi) is 7.00. The van der Waals surface area contributed by atoms with Crippen LogP contribution in [-0.4, -0.2) is 21.4 Å². The molecule has 7 nitrogen and oxygen atoms in total. The molecule has 0 amide bonds. The molecule has 0 bridgehead atoms. The molecule has 0 saturated heterocycles. The molecule has 3 rings (SSSR count). The normalized spacial score (nSPS) is 10.9. The van der Waals surface area contributed by atoms with Gasteiger partial charge >= 0.3 is 5.97 Å². The number of hydrogen-bond donors (Lipinski definition) is 1. The molecule has 3 aromatic rings. The van der Waals surface area contributed by atoms with Gasteiger partial charge < -0.3 is 9.67 Å². The van der Waals surface area contributed by atoms with Crippen molar-refractivity contribution in [3.8, 4) is 5.69 Å². The molecule has 1 aromatic heterocycles. The highest BCUT2D eigenvalue weighted by molar-refractivity contribution is 5.96. The minimum atomic E-state index is -0.844. The lowest BCUT2D eigenvalue weighted by Gasteiger charge is -2.05. The number of rotatable bonds is 9. The number of Topliss-reactive ketones (excluding diaryl/α,β-unsaturated/α-hetero) is 1. The Morgan fingerprint density at radius 3 is 1.87 bits per heavy atom. The third-order valence-corrected chi connectivity index (χ3v) is 4.46. The molecule has 152 valence electrons. The van der Waals surface area contributed by atoms with E-state index in [-0.39, 0.29) is 17.6 Å². The van der Waals surface area contributed by atoms with Crippen molar-refractivity contribution >= 4 is 23.1 Å². The quantitative estimate of drug-likeness (QED) is 0.306. The van der Waals surface area contributed by atoms with E-state index in [2.05, 4.69) is 10.2 Å². The molecule has 0 spiro atoms. The van der Waals surface area contributed by atoms with Crippen LogP contribution in [0.2, 0.25) is 0 Å². The summed E-state index contributed by atoms with van der Waals surface area (Å²) in [4.78, 5) is 33.8. The topological polar surface area (TPSA) is 101 Å². The summed E-state index contributed by atoms with van der Waals surface area (Å²) < 4.78 is 1.83. The average Bonchev–Trinajstić information content (AvgIpc) is 2.76. The van der Waals surface area contributed by atoms with E-state index in [1.54, 1.807) is 36.7 Å². The second-order valence-electron chi connectivity index (χ2n) is 6.73. The smallest absolute Gasteiger partial charge is 0.303 e. The van der Waals surface area contributed by atoms with Crippen LogP contribution in [0.3, 0.4) is 0 Å². The summed E-state index contributed by atoms with van der Waals surface area (Å²) in [5, 5.41) is 17.0.